The van der Waals surface area contributed by atoms with E-state index in [9.17, 15) is 9.59 Å². The molecule has 3 aromatic carbocycles. The predicted molar refractivity (Wildman–Crippen MR) is 110 cm³/mol. The van der Waals surface area contributed by atoms with E-state index in [0.29, 0.717) is 23.3 Å². The number of hydrogen-bond acceptors (Lipinski definition) is 4. The minimum atomic E-state index is -0.837. The Morgan fingerprint density at radius 2 is 1.36 bits per heavy atom. The van der Waals surface area contributed by atoms with Gasteiger partial charge in [0.1, 0.15) is 5.92 Å². The topological polar surface area (TPSA) is 58.5 Å². The van der Waals surface area contributed by atoms with Crippen LogP contribution in [0.15, 0.2) is 83.9 Å². The predicted octanol–water partition coefficient (Wildman–Crippen LogP) is 5.01. The van der Waals surface area contributed by atoms with E-state index in [-0.39, 0.29) is 17.6 Å². The number of rotatable bonds is 2. The number of nitrogens with zero attached hydrogens (tertiary/aromatic N) is 1. The molecule has 2 aliphatic rings. The second-order valence-electron chi connectivity index (χ2n) is 7.14. The summed E-state index contributed by atoms with van der Waals surface area (Å²) in [7, 11) is 0. The van der Waals surface area contributed by atoms with Crippen LogP contribution in [0.5, 0.6) is 0 Å². The van der Waals surface area contributed by atoms with Crippen LogP contribution >= 0.6 is 0 Å². The van der Waals surface area contributed by atoms with Crippen LogP contribution < -0.4 is 5.32 Å². The lowest BCUT2D eigenvalue weighted by molar-refractivity contribution is 0.0882. The Kier molecular flexibility index (Phi) is 3.90. The molecule has 0 bridgehead atoms. The molecule has 3 aromatic rings. The number of benzene rings is 3. The largest absolute Gasteiger partial charge is 0.376 e. The molecule has 1 aliphatic heterocycles. The van der Waals surface area contributed by atoms with Crippen LogP contribution in [-0.4, -0.2) is 17.3 Å². The van der Waals surface area contributed by atoms with Crippen molar-refractivity contribution in [1.82, 2.24) is 0 Å². The summed E-state index contributed by atoms with van der Waals surface area (Å²) in [5, 5.41) is 3.54. The fraction of sp³-hybridized carbons (Fsp3) is 0.125. The summed E-state index contributed by atoms with van der Waals surface area (Å²) < 4.78 is 0. The SMILES string of the molecule is O=C1c2ccccc2C(=O)C1C1=Nc2ccccc2N[C@@H](c2ccccc2)C1. The lowest BCUT2D eigenvalue weighted by atomic mass is 9.90. The third kappa shape index (κ3) is 2.65. The maximum atomic E-state index is 13.1. The van der Waals surface area contributed by atoms with Gasteiger partial charge in [0.2, 0.25) is 0 Å². The van der Waals surface area contributed by atoms with Crippen LogP contribution in [0.1, 0.15) is 38.7 Å². The maximum Gasteiger partial charge on any atom is 0.180 e. The molecule has 0 saturated carbocycles. The first-order chi connectivity index (χ1) is 13.7. The Bertz CT molecular complexity index is 1080. The normalized spacial score (nSPS) is 18.7. The summed E-state index contributed by atoms with van der Waals surface area (Å²) in [6.45, 7) is 0. The summed E-state index contributed by atoms with van der Waals surface area (Å²) in [5.74, 6) is -1.13. The van der Waals surface area contributed by atoms with Gasteiger partial charge in [0.15, 0.2) is 11.6 Å². The molecule has 4 heteroatoms. The summed E-state index contributed by atoms with van der Waals surface area (Å²) in [5.41, 5.74) is 4.39. The minimum Gasteiger partial charge on any atom is -0.376 e. The molecule has 28 heavy (non-hydrogen) atoms. The van der Waals surface area contributed by atoms with E-state index in [0.717, 1.165) is 16.9 Å². The van der Waals surface area contributed by atoms with E-state index in [1.807, 2.05) is 42.5 Å². The van der Waals surface area contributed by atoms with Gasteiger partial charge in [-0.05, 0) is 17.7 Å². The van der Waals surface area contributed by atoms with E-state index in [1.165, 1.54) is 0 Å². The van der Waals surface area contributed by atoms with Crippen molar-refractivity contribution < 1.29 is 9.59 Å². The third-order valence-electron chi connectivity index (χ3n) is 5.43. The number of carbonyl (C=O) groups is 2. The Morgan fingerprint density at radius 1 is 0.750 bits per heavy atom. The van der Waals surface area contributed by atoms with Crippen molar-refractivity contribution in [3.05, 3.63) is 95.6 Å². The summed E-state index contributed by atoms with van der Waals surface area (Å²) in [4.78, 5) is 30.9. The van der Waals surface area contributed by atoms with Gasteiger partial charge in [0.25, 0.3) is 0 Å². The van der Waals surface area contributed by atoms with Gasteiger partial charge in [0.05, 0.1) is 17.4 Å². The molecule has 136 valence electrons. The lowest BCUT2D eigenvalue weighted by Gasteiger charge is -2.20. The molecule has 1 N–H and O–H groups in total. The van der Waals surface area contributed by atoms with Crippen molar-refractivity contribution >= 4 is 28.7 Å². The molecule has 0 unspecified atom stereocenters. The molecule has 0 radical (unpaired) electrons. The molecule has 1 aliphatic carbocycles. The zero-order valence-electron chi connectivity index (χ0n) is 15.1. The van der Waals surface area contributed by atoms with E-state index in [4.69, 9.17) is 4.99 Å². The Balaban J connectivity index is 1.61. The smallest absolute Gasteiger partial charge is 0.180 e. The molecule has 4 nitrogen and oxygen atoms in total. The summed E-state index contributed by atoms with van der Waals surface area (Å²) >= 11 is 0. The van der Waals surface area contributed by atoms with Crippen molar-refractivity contribution in [2.45, 2.75) is 12.5 Å². The Hall–Kier alpha value is -3.53. The van der Waals surface area contributed by atoms with Gasteiger partial charge in [-0.15, -0.1) is 0 Å². The first kappa shape index (κ1) is 16.6. The molecular formula is C24H18N2O2. The van der Waals surface area contributed by atoms with Gasteiger partial charge in [0, 0.05) is 23.3 Å². The number of Topliss-reactive ketones (excluding diaryl/α,β-unsaturated/α-hetero) is 2. The highest BCUT2D eigenvalue weighted by Gasteiger charge is 2.42. The lowest BCUT2D eigenvalue weighted by Crippen LogP contribution is -2.28. The standard InChI is InChI=1S/C24H18N2O2/c27-23-16-10-4-5-11-17(16)24(28)22(23)21-14-20(15-8-2-1-3-9-15)25-18-12-6-7-13-19(18)26-21/h1-13,20,22,25H,14H2/t20-/m1/s1. The van der Waals surface area contributed by atoms with Gasteiger partial charge >= 0.3 is 0 Å². The molecule has 1 heterocycles. The van der Waals surface area contributed by atoms with E-state index < -0.39 is 5.92 Å². The van der Waals surface area contributed by atoms with Gasteiger partial charge in [-0.2, -0.15) is 0 Å². The Morgan fingerprint density at radius 3 is 2.07 bits per heavy atom. The molecule has 0 amide bonds. The molecule has 0 spiro atoms. The molecule has 0 saturated heterocycles. The van der Waals surface area contributed by atoms with Crippen molar-refractivity contribution in [1.29, 1.82) is 0 Å². The quantitative estimate of drug-likeness (QED) is 0.649. The maximum absolute atomic E-state index is 13.1. The Labute approximate surface area is 162 Å². The van der Waals surface area contributed by atoms with Crippen LogP contribution in [0, 0.1) is 5.92 Å². The minimum absolute atomic E-state index is 0.0621. The number of hydrogen-bond donors (Lipinski definition) is 1. The molecule has 0 aromatic heterocycles. The summed E-state index contributed by atoms with van der Waals surface area (Å²) in [6.07, 6.45) is 0.495. The molecule has 0 fully saturated rings. The molecular weight excluding hydrogens is 348 g/mol. The van der Waals surface area contributed by atoms with Crippen molar-refractivity contribution in [3.8, 4) is 0 Å². The van der Waals surface area contributed by atoms with Crippen LogP contribution in [-0.2, 0) is 0 Å². The van der Waals surface area contributed by atoms with E-state index >= 15 is 0 Å². The van der Waals surface area contributed by atoms with E-state index in [1.54, 1.807) is 24.3 Å². The third-order valence-corrected chi connectivity index (χ3v) is 5.43. The first-order valence-corrected chi connectivity index (χ1v) is 9.38. The van der Waals surface area contributed by atoms with Gasteiger partial charge < -0.3 is 5.32 Å². The second-order valence-corrected chi connectivity index (χ2v) is 7.14. The number of aliphatic imine (C=N–C) groups is 1. The second kappa shape index (κ2) is 6.57. The van der Waals surface area contributed by atoms with Crippen molar-refractivity contribution in [2.75, 3.05) is 5.32 Å². The van der Waals surface area contributed by atoms with Crippen LogP contribution in [0.25, 0.3) is 0 Å². The fourth-order valence-corrected chi connectivity index (χ4v) is 4.06. The van der Waals surface area contributed by atoms with Gasteiger partial charge in [-0.25, -0.2) is 0 Å². The number of carbonyl (C=O) groups excluding carboxylic acids is 2. The fourth-order valence-electron chi connectivity index (χ4n) is 4.06. The first-order valence-electron chi connectivity index (χ1n) is 9.38. The van der Waals surface area contributed by atoms with Crippen LogP contribution in [0.3, 0.4) is 0 Å². The number of anilines is 1. The molecule has 1 atom stereocenters. The van der Waals surface area contributed by atoms with Crippen LogP contribution in [0.4, 0.5) is 11.4 Å². The molecule has 5 rings (SSSR count). The highest BCUT2D eigenvalue weighted by atomic mass is 16.2. The van der Waals surface area contributed by atoms with E-state index in [2.05, 4.69) is 17.4 Å². The van der Waals surface area contributed by atoms with Crippen molar-refractivity contribution in [3.63, 3.8) is 0 Å². The number of para-hydroxylation sites is 2. The number of nitrogens with one attached hydrogen (secondary N) is 1. The zero-order chi connectivity index (χ0) is 19.1. The number of fused-ring (bicyclic) bond motifs is 2. The average molecular weight is 366 g/mol. The summed E-state index contributed by atoms with van der Waals surface area (Å²) in [6, 6.07) is 24.8. The monoisotopic (exact) mass is 366 g/mol. The van der Waals surface area contributed by atoms with Crippen molar-refractivity contribution in [2.24, 2.45) is 10.9 Å². The van der Waals surface area contributed by atoms with Gasteiger partial charge in [-0.1, -0.05) is 66.7 Å². The number of ketones is 2. The zero-order valence-corrected chi connectivity index (χ0v) is 15.1. The van der Waals surface area contributed by atoms with Crippen LogP contribution in [0.2, 0.25) is 0 Å². The highest BCUT2D eigenvalue weighted by Crippen LogP contribution is 2.38. The average Bonchev–Trinajstić information content (AvgIpc) is 2.89. The highest BCUT2D eigenvalue weighted by molar-refractivity contribution is 6.36. The van der Waals surface area contributed by atoms with Gasteiger partial charge in [-0.3, -0.25) is 14.6 Å².